The number of hydrogen-bond acceptors (Lipinski definition) is 3. The molecule has 0 N–H and O–H groups in total. The smallest absolute Gasteiger partial charge is 0.268 e. The first-order chi connectivity index (χ1) is 22.6. The Hall–Kier alpha value is -6.76. The highest BCUT2D eigenvalue weighted by Crippen LogP contribution is 2.45. The molecule has 1 aliphatic heterocycles. The molecule has 2 amide bonds. The molecule has 6 heteroatoms. The summed E-state index contributed by atoms with van der Waals surface area (Å²) in [7, 11) is 0. The van der Waals surface area contributed by atoms with Crippen LogP contribution in [-0.2, 0) is 0 Å². The van der Waals surface area contributed by atoms with E-state index in [9.17, 15) is 14.9 Å². The molecule has 0 radical (unpaired) electrons. The summed E-state index contributed by atoms with van der Waals surface area (Å²) in [4.78, 5) is 34.4. The van der Waals surface area contributed by atoms with Crippen molar-refractivity contribution in [2.24, 2.45) is 0 Å². The fourth-order valence-corrected chi connectivity index (χ4v) is 6.66. The topological polar surface area (TPSA) is 70.5 Å². The van der Waals surface area contributed by atoms with Gasteiger partial charge in [0.2, 0.25) is 5.69 Å². The van der Waals surface area contributed by atoms with E-state index in [0.717, 1.165) is 33.0 Å². The number of anilines is 1. The Morgan fingerprint density at radius 2 is 1.15 bits per heavy atom. The summed E-state index contributed by atoms with van der Waals surface area (Å²) in [5.41, 5.74) is 6.60. The van der Waals surface area contributed by atoms with E-state index in [1.165, 1.54) is 4.90 Å². The van der Waals surface area contributed by atoms with Crippen molar-refractivity contribution in [1.82, 2.24) is 4.57 Å². The molecule has 214 valence electrons. The van der Waals surface area contributed by atoms with Crippen molar-refractivity contribution in [2.45, 2.75) is 0 Å². The molecule has 6 nitrogen and oxygen atoms in total. The first-order valence-electron chi connectivity index (χ1n) is 14.7. The van der Waals surface area contributed by atoms with Gasteiger partial charge in [0.05, 0.1) is 45.7 Å². The number of carbonyl (C=O) groups is 2. The molecule has 6 aromatic carbocycles. The van der Waals surface area contributed by atoms with Crippen LogP contribution < -0.4 is 4.90 Å². The Labute approximate surface area is 264 Å². The first kappa shape index (κ1) is 26.8. The number of rotatable bonds is 4. The Morgan fingerprint density at radius 1 is 0.587 bits per heavy atom. The molecule has 2 heterocycles. The van der Waals surface area contributed by atoms with Gasteiger partial charge in [-0.05, 0) is 34.7 Å². The Balaban J connectivity index is 1.43. The molecular weight excluding hydrogens is 568 g/mol. The number of hydrogen-bond donors (Lipinski definition) is 0. The molecule has 46 heavy (non-hydrogen) atoms. The minimum atomic E-state index is -0.471. The van der Waals surface area contributed by atoms with Gasteiger partial charge in [0, 0.05) is 16.5 Å². The van der Waals surface area contributed by atoms with Crippen molar-refractivity contribution in [1.29, 1.82) is 5.26 Å². The average molecular weight is 591 g/mol. The molecule has 1 aliphatic rings. The molecule has 1 aromatic heterocycles. The van der Waals surface area contributed by atoms with Gasteiger partial charge in [-0.3, -0.25) is 9.59 Å². The number of imide groups is 1. The zero-order valence-corrected chi connectivity index (χ0v) is 24.3. The van der Waals surface area contributed by atoms with Crippen LogP contribution in [0.1, 0.15) is 26.3 Å². The van der Waals surface area contributed by atoms with Crippen LogP contribution in [0.2, 0.25) is 0 Å². The second-order valence-corrected chi connectivity index (χ2v) is 11.0. The number of amides is 2. The van der Waals surface area contributed by atoms with Gasteiger partial charge in [-0.25, -0.2) is 9.74 Å². The van der Waals surface area contributed by atoms with Gasteiger partial charge < -0.3 is 4.57 Å². The summed E-state index contributed by atoms with van der Waals surface area (Å²) in [6, 6.07) is 43.6. The number of carbonyl (C=O) groups excluding carboxylic acids is 2. The molecular formula is C40H22N4O2. The van der Waals surface area contributed by atoms with Crippen molar-refractivity contribution >= 4 is 45.0 Å². The summed E-state index contributed by atoms with van der Waals surface area (Å²) in [6.07, 6.45) is 0. The van der Waals surface area contributed by atoms with Gasteiger partial charge in [-0.15, -0.1) is 0 Å². The number of aromatic nitrogens is 1. The highest BCUT2D eigenvalue weighted by molar-refractivity contribution is 6.37. The lowest BCUT2D eigenvalue weighted by Crippen LogP contribution is -2.30. The number of nitriles is 1. The highest BCUT2D eigenvalue weighted by Gasteiger charge is 2.41. The van der Waals surface area contributed by atoms with Gasteiger partial charge in [0.25, 0.3) is 11.8 Å². The third-order valence-electron chi connectivity index (χ3n) is 8.59. The fraction of sp³-hybridized carbons (Fsp3) is 0. The SMILES string of the molecule is [C-]#[N+]c1cccc2c3cccc(C#N)c3n(-c3cccc4c3C(=O)N(c3c(-c5ccccc5)cccc3-c3ccccc3)C4=O)c12. The average Bonchev–Trinajstić information content (AvgIpc) is 3.59. The van der Waals surface area contributed by atoms with Crippen LogP contribution in [0.4, 0.5) is 11.4 Å². The summed E-state index contributed by atoms with van der Waals surface area (Å²) < 4.78 is 1.81. The van der Waals surface area contributed by atoms with Gasteiger partial charge in [-0.1, -0.05) is 115 Å². The molecule has 0 atom stereocenters. The lowest BCUT2D eigenvalue weighted by Gasteiger charge is -2.23. The quantitative estimate of drug-likeness (QED) is 0.151. The van der Waals surface area contributed by atoms with Crippen LogP contribution in [0.3, 0.4) is 0 Å². The highest BCUT2D eigenvalue weighted by atomic mass is 16.2. The van der Waals surface area contributed by atoms with Gasteiger partial charge in [0.1, 0.15) is 6.07 Å². The van der Waals surface area contributed by atoms with E-state index in [2.05, 4.69) is 10.9 Å². The maximum absolute atomic E-state index is 14.8. The number of nitrogens with zero attached hydrogens (tertiary/aromatic N) is 4. The lowest BCUT2D eigenvalue weighted by atomic mass is 9.95. The van der Waals surface area contributed by atoms with E-state index in [1.807, 2.05) is 108 Å². The van der Waals surface area contributed by atoms with E-state index in [1.54, 1.807) is 30.3 Å². The number of fused-ring (bicyclic) bond motifs is 4. The van der Waals surface area contributed by atoms with E-state index in [4.69, 9.17) is 6.57 Å². The molecule has 0 saturated carbocycles. The molecule has 7 aromatic rings. The summed E-state index contributed by atoms with van der Waals surface area (Å²) in [5, 5.41) is 11.7. The van der Waals surface area contributed by atoms with Gasteiger partial charge >= 0.3 is 0 Å². The van der Waals surface area contributed by atoms with Crippen LogP contribution in [0.5, 0.6) is 0 Å². The van der Waals surface area contributed by atoms with Gasteiger partial charge in [-0.2, -0.15) is 5.26 Å². The van der Waals surface area contributed by atoms with Crippen molar-refractivity contribution in [3.63, 3.8) is 0 Å². The van der Waals surface area contributed by atoms with E-state index in [-0.39, 0.29) is 11.1 Å². The van der Waals surface area contributed by atoms with Crippen molar-refractivity contribution < 1.29 is 9.59 Å². The molecule has 0 spiro atoms. The Morgan fingerprint density at radius 3 is 1.78 bits per heavy atom. The number of para-hydroxylation sites is 3. The first-order valence-corrected chi connectivity index (χ1v) is 14.7. The minimum absolute atomic E-state index is 0.223. The standard InChI is InChI=1S/C40H22N4O2/c1-42-33-22-10-20-31-30-19-8-16-27(24-41)36(30)43(38(31)33)34-23-11-21-32-35(34)40(46)44(39(32)45)37-28(25-12-4-2-5-13-25)17-9-18-29(37)26-14-6-3-7-15-26/h2-23H. The van der Waals surface area contributed by atoms with Crippen LogP contribution in [0.15, 0.2) is 133 Å². The second-order valence-electron chi connectivity index (χ2n) is 11.0. The van der Waals surface area contributed by atoms with Crippen LogP contribution in [-0.4, -0.2) is 16.4 Å². The predicted octanol–water partition coefficient (Wildman–Crippen LogP) is 9.34. The molecule has 0 unspecified atom stereocenters. The number of benzene rings is 6. The van der Waals surface area contributed by atoms with Crippen LogP contribution in [0, 0.1) is 17.9 Å². The molecule has 0 saturated heterocycles. The van der Waals surface area contributed by atoms with E-state index < -0.39 is 11.8 Å². The monoisotopic (exact) mass is 590 g/mol. The van der Waals surface area contributed by atoms with Crippen molar-refractivity contribution in [3.05, 3.63) is 162 Å². The summed E-state index contributed by atoms with van der Waals surface area (Å²) >= 11 is 0. The zero-order valence-electron chi connectivity index (χ0n) is 24.3. The maximum Gasteiger partial charge on any atom is 0.268 e. The minimum Gasteiger partial charge on any atom is -0.317 e. The van der Waals surface area contributed by atoms with Crippen LogP contribution >= 0.6 is 0 Å². The van der Waals surface area contributed by atoms with Gasteiger partial charge in [0.15, 0.2) is 0 Å². The van der Waals surface area contributed by atoms with Crippen LogP contribution in [0.25, 0.3) is 54.6 Å². The zero-order chi connectivity index (χ0) is 31.4. The Bertz CT molecular complexity index is 2350. The molecule has 0 fully saturated rings. The molecule has 0 aliphatic carbocycles. The normalized spacial score (nSPS) is 12.3. The Kier molecular flexibility index (Phi) is 6.10. The van der Waals surface area contributed by atoms with Crippen molar-refractivity contribution in [2.75, 3.05) is 4.90 Å². The molecule has 8 rings (SSSR count). The summed E-state index contributed by atoms with van der Waals surface area (Å²) in [6.45, 7) is 7.95. The largest absolute Gasteiger partial charge is 0.317 e. The third-order valence-corrected chi connectivity index (χ3v) is 8.59. The second kappa shape index (κ2) is 10.4. The van der Waals surface area contributed by atoms with E-state index >= 15 is 0 Å². The van der Waals surface area contributed by atoms with E-state index in [0.29, 0.717) is 33.7 Å². The fourth-order valence-electron chi connectivity index (χ4n) is 6.66. The summed E-state index contributed by atoms with van der Waals surface area (Å²) in [5.74, 6) is -0.907. The maximum atomic E-state index is 14.8. The predicted molar refractivity (Wildman–Crippen MR) is 180 cm³/mol. The van der Waals surface area contributed by atoms with Crippen molar-refractivity contribution in [3.8, 4) is 34.0 Å². The lowest BCUT2D eigenvalue weighted by molar-refractivity contribution is 0.0926. The molecule has 0 bridgehead atoms. The third kappa shape index (κ3) is 3.81.